The molecule has 1 atom stereocenters. The number of cyclic esters (lactones) is 1. The smallest absolute Gasteiger partial charge is 0.414 e. The molecule has 4 rings (SSSR count). The highest BCUT2D eigenvalue weighted by Crippen LogP contribution is 2.29. The number of furan rings is 1. The molecule has 9 heteroatoms. The number of halogens is 1. The second-order valence-electron chi connectivity index (χ2n) is 8.94. The Morgan fingerprint density at radius 1 is 1.14 bits per heavy atom. The Balaban J connectivity index is 1.35. The molecule has 0 spiro atoms. The lowest BCUT2D eigenvalue weighted by Crippen LogP contribution is -2.33. The quantitative estimate of drug-likeness (QED) is 0.417. The molecule has 8 nitrogen and oxygen atoms in total. The zero-order valence-corrected chi connectivity index (χ0v) is 21.0. The van der Waals surface area contributed by atoms with E-state index in [-0.39, 0.29) is 19.0 Å². The van der Waals surface area contributed by atoms with Gasteiger partial charge < -0.3 is 19.2 Å². The van der Waals surface area contributed by atoms with E-state index >= 15 is 0 Å². The number of benzene rings is 2. The second kappa shape index (κ2) is 11.3. The second-order valence-corrected chi connectivity index (χ2v) is 8.94. The van der Waals surface area contributed by atoms with Crippen LogP contribution in [0.1, 0.15) is 40.8 Å². The van der Waals surface area contributed by atoms with Crippen molar-refractivity contribution < 1.29 is 32.7 Å². The molecule has 2 amide bonds. The summed E-state index contributed by atoms with van der Waals surface area (Å²) in [6.45, 7) is 3.57. The predicted octanol–water partition coefficient (Wildman–Crippen LogP) is 4.82. The summed E-state index contributed by atoms with van der Waals surface area (Å²) in [4.78, 5) is 36.4. The zero-order chi connectivity index (χ0) is 26.5. The maximum absolute atomic E-state index is 15.0. The Labute approximate surface area is 214 Å². The van der Waals surface area contributed by atoms with Gasteiger partial charge in [-0.05, 0) is 55.2 Å². The number of carbonyl (C=O) groups excluding carboxylic acids is 3. The van der Waals surface area contributed by atoms with Crippen LogP contribution in [0.15, 0.2) is 52.9 Å². The van der Waals surface area contributed by atoms with Crippen molar-refractivity contribution in [1.82, 2.24) is 5.32 Å². The average molecular weight is 509 g/mol. The van der Waals surface area contributed by atoms with Gasteiger partial charge in [-0.25, -0.2) is 14.0 Å². The Morgan fingerprint density at radius 2 is 1.89 bits per heavy atom. The van der Waals surface area contributed by atoms with Gasteiger partial charge in [0.1, 0.15) is 29.0 Å². The molecule has 0 bridgehead atoms. The molecule has 2 heterocycles. The summed E-state index contributed by atoms with van der Waals surface area (Å²) in [5.74, 6) is 0.219. The summed E-state index contributed by atoms with van der Waals surface area (Å²) in [5.41, 5.74) is 3.10. The van der Waals surface area contributed by atoms with Crippen LogP contribution in [-0.2, 0) is 27.1 Å². The van der Waals surface area contributed by atoms with E-state index in [1.54, 1.807) is 25.1 Å². The van der Waals surface area contributed by atoms with Crippen LogP contribution < -0.4 is 10.2 Å². The van der Waals surface area contributed by atoms with Crippen LogP contribution >= 0.6 is 0 Å². The fourth-order valence-corrected chi connectivity index (χ4v) is 4.30. The summed E-state index contributed by atoms with van der Waals surface area (Å²) in [5, 5.41) is 2.62. The maximum Gasteiger partial charge on any atom is 0.414 e. The van der Waals surface area contributed by atoms with E-state index < -0.39 is 24.0 Å². The summed E-state index contributed by atoms with van der Waals surface area (Å²) in [7, 11) is 1.34. The van der Waals surface area contributed by atoms with E-state index in [2.05, 4.69) is 5.32 Å². The molecule has 0 radical (unpaired) electrons. The van der Waals surface area contributed by atoms with Gasteiger partial charge in [-0.3, -0.25) is 9.69 Å². The van der Waals surface area contributed by atoms with Crippen molar-refractivity contribution in [2.45, 2.75) is 39.2 Å². The highest BCUT2D eigenvalue weighted by molar-refractivity contribution is 5.91. The standard InChI is InChI=1S/C28H29FN2O6/c1-17-25(27(33)35-3)14-22(36-17)6-4-5-19-7-9-20(10-8-19)24-12-11-21(13-26(24)29)31-16-23(37-28(31)34)15-30-18(2)32/h7-14,23H,4-6,15-16H2,1-3H3,(H,30,32)/t23-/m0/s1. The summed E-state index contributed by atoms with van der Waals surface area (Å²) in [6, 6.07) is 14.0. The average Bonchev–Trinajstić information content (AvgIpc) is 3.44. The lowest BCUT2D eigenvalue weighted by atomic mass is 10.0. The van der Waals surface area contributed by atoms with Crippen molar-refractivity contribution in [3.05, 3.63) is 77.0 Å². The fourth-order valence-electron chi connectivity index (χ4n) is 4.30. The van der Waals surface area contributed by atoms with Crippen molar-refractivity contribution in [1.29, 1.82) is 0 Å². The summed E-state index contributed by atoms with van der Waals surface area (Å²) < 4.78 is 30.7. The first-order valence-electron chi connectivity index (χ1n) is 12.0. The van der Waals surface area contributed by atoms with Gasteiger partial charge in [0, 0.05) is 18.9 Å². The highest BCUT2D eigenvalue weighted by Gasteiger charge is 2.32. The van der Waals surface area contributed by atoms with E-state index in [9.17, 15) is 18.8 Å². The normalized spacial score (nSPS) is 15.0. The van der Waals surface area contributed by atoms with Crippen LogP contribution in [0.3, 0.4) is 0 Å². The first-order chi connectivity index (χ1) is 17.7. The maximum atomic E-state index is 15.0. The molecular weight excluding hydrogens is 479 g/mol. The largest absolute Gasteiger partial charge is 0.465 e. The Morgan fingerprint density at radius 3 is 2.57 bits per heavy atom. The molecule has 1 aliphatic heterocycles. The molecule has 3 aromatic rings. The Bertz CT molecular complexity index is 1300. The van der Waals surface area contributed by atoms with Crippen LogP contribution in [0.5, 0.6) is 0 Å². The number of hydrogen-bond donors (Lipinski definition) is 1. The summed E-state index contributed by atoms with van der Waals surface area (Å²) >= 11 is 0. The van der Waals surface area contributed by atoms with Crippen molar-refractivity contribution in [3.8, 4) is 11.1 Å². The third-order valence-corrected chi connectivity index (χ3v) is 6.24. The number of esters is 1. The molecule has 1 fully saturated rings. The van der Waals surface area contributed by atoms with Gasteiger partial charge in [0.25, 0.3) is 0 Å². The van der Waals surface area contributed by atoms with Crippen molar-refractivity contribution >= 4 is 23.7 Å². The Kier molecular flexibility index (Phi) is 7.91. The number of ether oxygens (including phenoxy) is 2. The number of hydrogen-bond acceptors (Lipinski definition) is 6. The zero-order valence-electron chi connectivity index (χ0n) is 21.0. The number of amides is 2. The van der Waals surface area contributed by atoms with Crippen molar-refractivity contribution in [2.24, 2.45) is 0 Å². The van der Waals surface area contributed by atoms with Gasteiger partial charge in [0.15, 0.2) is 0 Å². The number of carbonyl (C=O) groups is 3. The van der Waals surface area contributed by atoms with E-state index in [0.717, 1.165) is 29.7 Å². The number of methoxy groups -OCH3 is 1. The molecule has 0 aliphatic carbocycles. The van der Waals surface area contributed by atoms with Gasteiger partial charge in [-0.2, -0.15) is 0 Å². The predicted molar refractivity (Wildman–Crippen MR) is 135 cm³/mol. The number of rotatable bonds is 9. The van der Waals surface area contributed by atoms with Gasteiger partial charge in [-0.1, -0.05) is 24.3 Å². The van der Waals surface area contributed by atoms with Gasteiger partial charge in [-0.15, -0.1) is 0 Å². The van der Waals surface area contributed by atoms with Gasteiger partial charge in [0.05, 0.1) is 25.9 Å². The van der Waals surface area contributed by atoms with Gasteiger partial charge in [0.2, 0.25) is 5.91 Å². The van der Waals surface area contributed by atoms with Crippen LogP contribution in [-0.4, -0.2) is 44.3 Å². The number of anilines is 1. The minimum atomic E-state index is -0.571. The molecule has 1 saturated heterocycles. The first-order valence-corrected chi connectivity index (χ1v) is 12.0. The molecule has 1 aliphatic rings. The Hall–Kier alpha value is -4.14. The molecule has 0 unspecified atom stereocenters. The monoisotopic (exact) mass is 508 g/mol. The van der Waals surface area contributed by atoms with Crippen LogP contribution in [0, 0.1) is 12.7 Å². The van der Waals surface area contributed by atoms with E-state index in [4.69, 9.17) is 13.9 Å². The minimum Gasteiger partial charge on any atom is -0.465 e. The topological polar surface area (TPSA) is 98.1 Å². The SMILES string of the molecule is COC(=O)c1cc(CCCc2ccc(-c3ccc(N4C[C@H](CNC(C)=O)OC4=O)cc3F)cc2)oc1C. The molecule has 1 aromatic heterocycles. The number of aryl methyl sites for hydroxylation is 3. The third kappa shape index (κ3) is 6.17. The fraction of sp³-hybridized carbons (Fsp3) is 0.321. The van der Waals surface area contributed by atoms with Crippen LogP contribution in [0.4, 0.5) is 14.9 Å². The lowest BCUT2D eigenvalue weighted by molar-refractivity contribution is -0.119. The number of nitrogens with one attached hydrogen (secondary N) is 1. The van der Waals surface area contributed by atoms with Crippen molar-refractivity contribution in [3.63, 3.8) is 0 Å². The highest BCUT2D eigenvalue weighted by atomic mass is 19.1. The summed E-state index contributed by atoms with van der Waals surface area (Å²) in [6.07, 6.45) is 1.24. The minimum absolute atomic E-state index is 0.209. The van der Waals surface area contributed by atoms with Crippen LogP contribution in [0.2, 0.25) is 0 Å². The molecular formula is C28H29FN2O6. The van der Waals surface area contributed by atoms with E-state index in [0.29, 0.717) is 29.0 Å². The van der Waals surface area contributed by atoms with Crippen LogP contribution in [0.25, 0.3) is 11.1 Å². The molecule has 194 valence electrons. The molecule has 1 N–H and O–H groups in total. The van der Waals surface area contributed by atoms with Gasteiger partial charge >= 0.3 is 12.1 Å². The van der Waals surface area contributed by atoms with Crippen molar-refractivity contribution in [2.75, 3.05) is 25.1 Å². The van der Waals surface area contributed by atoms with E-state index in [1.807, 2.05) is 24.3 Å². The molecule has 2 aromatic carbocycles. The molecule has 0 saturated carbocycles. The lowest BCUT2D eigenvalue weighted by Gasteiger charge is -2.14. The first kappa shape index (κ1) is 25.9. The third-order valence-electron chi connectivity index (χ3n) is 6.24. The van der Waals surface area contributed by atoms with E-state index in [1.165, 1.54) is 25.0 Å². The molecule has 37 heavy (non-hydrogen) atoms. The number of nitrogens with zero attached hydrogens (tertiary/aromatic N) is 1.